The van der Waals surface area contributed by atoms with E-state index in [0.29, 0.717) is 23.0 Å². The van der Waals surface area contributed by atoms with Crippen molar-refractivity contribution < 1.29 is 19.1 Å². The molecule has 0 N–H and O–H groups in total. The van der Waals surface area contributed by atoms with E-state index in [1.165, 1.54) is 11.1 Å². The summed E-state index contributed by atoms with van der Waals surface area (Å²) in [5.74, 6) is 0.572. The van der Waals surface area contributed by atoms with E-state index in [1.54, 1.807) is 12.1 Å². The van der Waals surface area contributed by atoms with Gasteiger partial charge in [0.1, 0.15) is 12.2 Å². The summed E-state index contributed by atoms with van der Waals surface area (Å²) >= 11 is 0. The van der Waals surface area contributed by atoms with E-state index in [9.17, 15) is 9.59 Å². The molecule has 0 saturated heterocycles. The first-order valence-corrected chi connectivity index (χ1v) is 17.5. The molecule has 4 saturated carbocycles. The van der Waals surface area contributed by atoms with Gasteiger partial charge in [0, 0.05) is 22.7 Å². The Hall–Kier alpha value is -3.40. The lowest BCUT2D eigenvalue weighted by Gasteiger charge is -2.40. The molecule has 8 atom stereocenters. The first-order chi connectivity index (χ1) is 21.9. The third-order valence-corrected chi connectivity index (χ3v) is 14.3. The van der Waals surface area contributed by atoms with Crippen LogP contribution in [0.5, 0.6) is 0 Å². The Balaban J connectivity index is 1.15. The van der Waals surface area contributed by atoms with Crippen molar-refractivity contribution in [1.82, 2.24) is 0 Å². The fraction of sp³-hybridized carbons (Fsp3) is 0.524. The quantitative estimate of drug-likeness (QED) is 0.236. The van der Waals surface area contributed by atoms with E-state index in [1.807, 2.05) is 24.3 Å². The largest absolute Gasteiger partial charge is 0.458 e. The summed E-state index contributed by atoms with van der Waals surface area (Å²) in [5.41, 5.74) is 3.01. The summed E-state index contributed by atoms with van der Waals surface area (Å²) in [6, 6.07) is 28.2. The average Bonchev–Trinajstić information content (AvgIpc) is 3.54. The third kappa shape index (κ3) is 4.60. The lowest BCUT2D eigenvalue weighted by atomic mass is 9.70. The molecule has 4 aliphatic carbocycles. The first-order valence-electron chi connectivity index (χ1n) is 17.5. The Labute approximate surface area is 275 Å². The molecule has 4 heteroatoms. The monoisotopic (exact) mass is 618 g/mol. The molecular weight excluding hydrogens is 568 g/mol. The molecule has 4 fully saturated rings. The molecule has 7 rings (SSSR count). The van der Waals surface area contributed by atoms with Gasteiger partial charge in [-0.05, 0) is 84.5 Å². The van der Waals surface area contributed by atoms with Crippen LogP contribution in [0.4, 0.5) is 0 Å². The second-order valence-corrected chi connectivity index (χ2v) is 16.5. The van der Waals surface area contributed by atoms with E-state index in [4.69, 9.17) is 9.47 Å². The summed E-state index contributed by atoms with van der Waals surface area (Å²) in [4.78, 5) is 28.3. The van der Waals surface area contributed by atoms with Crippen LogP contribution in [0.25, 0.3) is 0 Å². The van der Waals surface area contributed by atoms with Gasteiger partial charge in [-0.15, -0.1) is 0 Å². The van der Waals surface area contributed by atoms with Gasteiger partial charge in [-0.1, -0.05) is 114 Å². The van der Waals surface area contributed by atoms with Crippen molar-refractivity contribution in [1.29, 1.82) is 0 Å². The summed E-state index contributed by atoms with van der Waals surface area (Å²) < 4.78 is 13.1. The number of hydrogen-bond donors (Lipinski definition) is 0. The molecule has 0 aliphatic heterocycles. The van der Waals surface area contributed by atoms with Gasteiger partial charge in [0.2, 0.25) is 0 Å². The second kappa shape index (κ2) is 11.1. The number of esters is 2. The highest BCUT2D eigenvalue weighted by Gasteiger charge is 2.68. The fourth-order valence-electron chi connectivity index (χ4n) is 10.9. The molecule has 0 unspecified atom stereocenters. The van der Waals surface area contributed by atoms with Crippen LogP contribution in [-0.4, -0.2) is 24.1 Å². The van der Waals surface area contributed by atoms with Crippen LogP contribution < -0.4 is 0 Å². The average molecular weight is 619 g/mol. The molecule has 4 nitrogen and oxygen atoms in total. The Morgan fingerprint density at radius 1 is 0.565 bits per heavy atom. The van der Waals surface area contributed by atoms with E-state index >= 15 is 0 Å². The van der Waals surface area contributed by atoms with Crippen molar-refractivity contribution in [3.05, 3.63) is 107 Å². The molecule has 0 spiro atoms. The topological polar surface area (TPSA) is 52.6 Å². The minimum atomic E-state index is -0.416. The van der Waals surface area contributed by atoms with Crippen molar-refractivity contribution in [3.63, 3.8) is 0 Å². The second-order valence-electron chi connectivity index (χ2n) is 16.5. The highest BCUT2D eigenvalue weighted by atomic mass is 16.6. The van der Waals surface area contributed by atoms with Crippen LogP contribution >= 0.6 is 0 Å². The smallest absolute Gasteiger partial charge is 0.339 e. The van der Waals surface area contributed by atoms with Crippen LogP contribution in [0, 0.1) is 45.3 Å². The zero-order valence-electron chi connectivity index (χ0n) is 28.4. The van der Waals surface area contributed by atoms with Gasteiger partial charge in [-0.3, -0.25) is 0 Å². The van der Waals surface area contributed by atoms with Crippen LogP contribution in [0.15, 0.2) is 84.9 Å². The zero-order chi connectivity index (χ0) is 32.5. The fourth-order valence-corrected chi connectivity index (χ4v) is 10.9. The minimum Gasteiger partial charge on any atom is -0.458 e. The van der Waals surface area contributed by atoms with Crippen molar-refractivity contribution in [2.75, 3.05) is 0 Å². The van der Waals surface area contributed by atoms with Crippen molar-refractivity contribution in [2.45, 2.75) is 92.3 Å². The Bertz CT molecular complexity index is 1490. The summed E-state index contributed by atoms with van der Waals surface area (Å²) in [5, 5.41) is 0. The van der Waals surface area contributed by atoms with Gasteiger partial charge in [0.25, 0.3) is 0 Å². The Morgan fingerprint density at radius 2 is 0.913 bits per heavy atom. The predicted molar refractivity (Wildman–Crippen MR) is 181 cm³/mol. The van der Waals surface area contributed by atoms with E-state index in [0.717, 1.165) is 38.5 Å². The van der Waals surface area contributed by atoms with E-state index in [-0.39, 0.29) is 45.7 Å². The number of ether oxygens (including phenoxy) is 2. The summed E-state index contributed by atoms with van der Waals surface area (Å²) in [6.45, 7) is 14.0. The summed E-state index contributed by atoms with van der Waals surface area (Å²) in [7, 11) is 0. The SMILES string of the molecule is CC1(C)[C@H]2CC[C@]1(C)[C@@H](OC(=O)c1ccccc1C(=O)O[C@H]1[C@H](Cc3ccccc3)[C@@H]3CC[C@@]1(C)C3(C)C)[C@@H]2Cc1ccccc1. The van der Waals surface area contributed by atoms with Gasteiger partial charge in [-0.2, -0.15) is 0 Å². The molecular formula is C42H50O4. The normalized spacial score (nSPS) is 34.8. The maximum absolute atomic E-state index is 14.2. The molecule has 4 bridgehead atoms. The lowest BCUT2D eigenvalue weighted by molar-refractivity contribution is -0.0439. The van der Waals surface area contributed by atoms with Crippen LogP contribution in [0.2, 0.25) is 0 Å². The minimum absolute atomic E-state index is 0.0492. The van der Waals surface area contributed by atoms with Crippen LogP contribution in [0.3, 0.4) is 0 Å². The van der Waals surface area contributed by atoms with E-state index < -0.39 is 11.9 Å². The molecule has 46 heavy (non-hydrogen) atoms. The maximum Gasteiger partial charge on any atom is 0.339 e. The maximum atomic E-state index is 14.2. The molecule has 242 valence electrons. The first kappa shape index (κ1) is 31.2. The van der Waals surface area contributed by atoms with Crippen molar-refractivity contribution in [3.8, 4) is 0 Å². The predicted octanol–water partition coefficient (Wildman–Crippen LogP) is 9.37. The Morgan fingerprint density at radius 3 is 1.28 bits per heavy atom. The third-order valence-electron chi connectivity index (χ3n) is 14.3. The molecule has 3 aromatic carbocycles. The number of fused-ring (bicyclic) bond motifs is 4. The van der Waals surface area contributed by atoms with Gasteiger partial charge < -0.3 is 9.47 Å². The highest BCUT2D eigenvalue weighted by Crippen LogP contribution is 2.70. The molecule has 0 amide bonds. The zero-order valence-corrected chi connectivity index (χ0v) is 28.4. The number of carbonyl (C=O) groups excluding carboxylic acids is 2. The molecule has 0 aromatic heterocycles. The molecule has 4 aliphatic rings. The number of carbonyl (C=O) groups is 2. The van der Waals surface area contributed by atoms with Gasteiger partial charge in [0.05, 0.1) is 11.1 Å². The highest BCUT2D eigenvalue weighted by molar-refractivity contribution is 6.03. The van der Waals surface area contributed by atoms with E-state index in [2.05, 4.69) is 90.1 Å². The van der Waals surface area contributed by atoms with Crippen molar-refractivity contribution in [2.24, 2.45) is 45.3 Å². The van der Waals surface area contributed by atoms with Crippen LogP contribution in [-0.2, 0) is 22.3 Å². The number of rotatable bonds is 8. The van der Waals surface area contributed by atoms with Crippen LogP contribution in [0.1, 0.15) is 99.1 Å². The Kier molecular flexibility index (Phi) is 7.53. The van der Waals surface area contributed by atoms with Gasteiger partial charge in [-0.25, -0.2) is 9.59 Å². The van der Waals surface area contributed by atoms with Gasteiger partial charge >= 0.3 is 11.9 Å². The summed E-state index contributed by atoms with van der Waals surface area (Å²) in [6.07, 6.45) is 5.70. The molecule has 0 radical (unpaired) electrons. The molecule has 3 aromatic rings. The van der Waals surface area contributed by atoms with Gasteiger partial charge in [0.15, 0.2) is 0 Å². The standard InChI is InChI=1S/C42H50O4/c1-39(2)33-21-23-41(39,5)35(31(33)25-27-15-9-7-10-16-27)45-37(43)29-19-13-14-20-30(29)38(44)46-36-32(26-28-17-11-8-12-18-28)34-22-24-42(36,6)40(34,3)4/h7-20,31-36H,21-26H2,1-6H3/t31-,32-,33+,34+,35+,36+,41-,42-/m1/s1. The number of benzene rings is 3. The lowest BCUT2D eigenvalue weighted by Crippen LogP contribution is -2.42. The molecule has 0 heterocycles. The van der Waals surface area contributed by atoms with Crippen molar-refractivity contribution >= 4 is 11.9 Å². The number of hydrogen-bond acceptors (Lipinski definition) is 4.